The van der Waals surface area contributed by atoms with Crippen LogP contribution in [-0.2, 0) is 0 Å². The van der Waals surface area contributed by atoms with Crippen LogP contribution >= 0.6 is 23.2 Å². The van der Waals surface area contributed by atoms with E-state index in [1.54, 1.807) is 24.3 Å². The second-order valence-corrected chi connectivity index (χ2v) is 5.35. The molecule has 2 heterocycles. The molecule has 0 amide bonds. The summed E-state index contributed by atoms with van der Waals surface area (Å²) in [5.41, 5.74) is 2.63. The third-order valence-electron chi connectivity index (χ3n) is 3.17. The van der Waals surface area contributed by atoms with Gasteiger partial charge in [0.05, 0.1) is 15.6 Å². The van der Waals surface area contributed by atoms with E-state index in [4.69, 9.17) is 27.6 Å². The predicted octanol–water partition coefficient (Wildman–Crippen LogP) is 3.98. The Kier molecular flexibility index (Phi) is 3.06. The molecule has 108 valence electrons. The lowest BCUT2D eigenvalue weighted by atomic mass is 10.2. The smallest absolute Gasteiger partial charge is 0.230 e. The Morgan fingerprint density at radius 2 is 1.86 bits per heavy atom. The SMILES string of the molecule is Clc1cccc(Cl)c1-c1nc2ccc(-c3nn[nH]n3)cc2o1. The van der Waals surface area contributed by atoms with Gasteiger partial charge in [0.2, 0.25) is 11.7 Å². The number of aromatic nitrogens is 5. The monoisotopic (exact) mass is 331 g/mol. The molecular weight excluding hydrogens is 325 g/mol. The molecule has 0 aliphatic rings. The van der Waals surface area contributed by atoms with Gasteiger partial charge in [-0.15, -0.1) is 10.2 Å². The highest BCUT2D eigenvalue weighted by Crippen LogP contribution is 2.36. The van der Waals surface area contributed by atoms with Crippen molar-refractivity contribution in [1.29, 1.82) is 0 Å². The maximum absolute atomic E-state index is 6.19. The lowest BCUT2D eigenvalue weighted by Crippen LogP contribution is -1.81. The molecule has 0 saturated heterocycles. The normalized spacial score (nSPS) is 11.2. The van der Waals surface area contributed by atoms with E-state index < -0.39 is 0 Å². The fraction of sp³-hybridized carbons (Fsp3) is 0. The number of rotatable bonds is 2. The Bertz CT molecular complexity index is 944. The molecule has 0 bridgehead atoms. The Morgan fingerprint density at radius 3 is 2.59 bits per heavy atom. The second-order valence-electron chi connectivity index (χ2n) is 4.53. The Morgan fingerprint density at radius 1 is 1.05 bits per heavy atom. The van der Waals surface area contributed by atoms with E-state index in [0.29, 0.717) is 38.4 Å². The van der Waals surface area contributed by atoms with Crippen LogP contribution in [-0.4, -0.2) is 25.6 Å². The largest absolute Gasteiger partial charge is 0.436 e. The van der Waals surface area contributed by atoms with Crippen molar-refractivity contribution in [1.82, 2.24) is 25.6 Å². The molecule has 0 aliphatic carbocycles. The molecule has 0 aliphatic heterocycles. The van der Waals surface area contributed by atoms with Crippen LogP contribution < -0.4 is 0 Å². The van der Waals surface area contributed by atoms with Crippen LogP contribution in [0.1, 0.15) is 0 Å². The van der Waals surface area contributed by atoms with Crippen LogP contribution in [0.4, 0.5) is 0 Å². The van der Waals surface area contributed by atoms with Gasteiger partial charge in [-0.2, -0.15) is 5.21 Å². The van der Waals surface area contributed by atoms with E-state index in [-0.39, 0.29) is 0 Å². The fourth-order valence-corrected chi connectivity index (χ4v) is 2.72. The summed E-state index contributed by atoms with van der Waals surface area (Å²) >= 11 is 12.4. The van der Waals surface area contributed by atoms with Crippen molar-refractivity contribution in [2.75, 3.05) is 0 Å². The van der Waals surface area contributed by atoms with Gasteiger partial charge in [0.15, 0.2) is 5.58 Å². The number of nitrogens with one attached hydrogen (secondary N) is 1. The molecular formula is C14H7Cl2N5O. The first-order valence-corrected chi connectivity index (χ1v) is 7.07. The summed E-state index contributed by atoms with van der Waals surface area (Å²) in [5, 5.41) is 14.8. The average molecular weight is 332 g/mol. The zero-order valence-electron chi connectivity index (χ0n) is 10.9. The second kappa shape index (κ2) is 5.08. The van der Waals surface area contributed by atoms with E-state index in [1.807, 2.05) is 12.1 Å². The van der Waals surface area contributed by atoms with Crippen LogP contribution in [0, 0.1) is 0 Å². The first kappa shape index (κ1) is 13.2. The molecule has 22 heavy (non-hydrogen) atoms. The van der Waals surface area contributed by atoms with Gasteiger partial charge in [0, 0.05) is 5.56 Å². The molecule has 6 nitrogen and oxygen atoms in total. The van der Waals surface area contributed by atoms with Gasteiger partial charge < -0.3 is 4.42 Å². The first-order valence-electron chi connectivity index (χ1n) is 6.31. The molecule has 2 aromatic carbocycles. The molecule has 0 radical (unpaired) electrons. The molecule has 0 spiro atoms. The topological polar surface area (TPSA) is 80.5 Å². The van der Waals surface area contributed by atoms with E-state index in [9.17, 15) is 0 Å². The van der Waals surface area contributed by atoms with Crippen molar-refractivity contribution in [3.05, 3.63) is 46.4 Å². The molecule has 4 rings (SSSR count). The van der Waals surface area contributed by atoms with Gasteiger partial charge in [-0.25, -0.2) is 4.98 Å². The third kappa shape index (κ3) is 2.13. The molecule has 4 aromatic rings. The number of hydrogen-bond acceptors (Lipinski definition) is 5. The summed E-state index contributed by atoms with van der Waals surface area (Å²) in [6.07, 6.45) is 0. The standard InChI is InChI=1S/C14H7Cl2N5O/c15-8-2-1-3-9(16)12(8)14-17-10-5-4-7(6-11(10)22-14)13-18-20-21-19-13/h1-6H,(H,18,19,20,21). The zero-order valence-corrected chi connectivity index (χ0v) is 12.4. The molecule has 2 aromatic heterocycles. The lowest BCUT2D eigenvalue weighted by molar-refractivity contribution is 0.620. The van der Waals surface area contributed by atoms with Gasteiger partial charge in [-0.05, 0) is 35.5 Å². The number of tetrazole rings is 1. The van der Waals surface area contributed by atoms with Crippen molar-refractivity contribution in [2.24, 2.45) is 0 Å². The van der Waals surface area contributed by atoms with E-state index in [1.165, 1.54) is 0 Å². The number of halogens is 2. The summed E-state index contributed by atoms with van der Waals surface area (Å²) in [6, 6.07) is 10.7. The number of hydrogen-bond donors (Lipinski definition) is 1. The molecule has 1 N–H and O–H groups in total. The van der Waals surface area contributed by atoms with Gasteiger partial charge >= 0.3 is 0 Å². The molecule has 0 fully saturated rings. The number of oxazole rings is 1. The minimum atomic E-state index is 0.371. The van der Waals surface area contributed by atoms with Crippen molar-refractivity contribution in [3.8, 4) is 22.8 Å². The highest BCUT2D eigenvalue weighted by molar-refractivity contribution is 6.38. The van der Waals surface area contributed by atoms with Gasteiger partial charge in [0.1, 0.15) is 5.52 Å². The Labute approximate surface area is 134 Å². The number of nitrogens with zero attached hydrogens (tertiary/aromatic N) is 4. The van der Waals surface area contributed by atoms with Crippen molar-refractivity contribution in [2.45, 2.75) is 0 Å². The third-order valence-corrected chi connectivity index (χ3v) is 3.80. The number of H-pyrrole nitrogens is 1. The summed E-state index contributed by atoms with van der Waals surface area (Å²) in [7, 11) is 0. The molecule has 0 atom stereocenters. The van der Waals surface area contributed by atoms with Crippen LogP contribution in [0.2, 0.25) is 10.0 Å². The van der Waals surface area contributed by atoms with Crippen molar-refractivity contribution < 1.29 is 4.42 Å². The summed E-state index contributed by atoms with van der Waals surface area (Å²) < 4.78 is 5.79. The lowest BCUT2D eigenvalue weighted by Gasteiger charge is -2.01. The Hall–Kier alpha value is -2.44. The highest BCUT2D eigenvalue weighted by Gasteiger charge is 2.16. The van der Waals surface area contributed by atoms with Crippen LogP contribution in [0.5, 0.6) is 0 Å². The zero-order chi connectivity index (χ0) is 15.1. The number of benzene rings is 2. The van der Waals surface area contributed by atoms with E-state index in [2.05, 4.69) is 25.6 Å². The summed E-state index contributed by atoms with van der Waals surface area (Å²) in [5.74, 6) is 0.853. The van der Waals surface area contributed by atoms with E-state index in [0.717, 1.165) is 5.56 Å². The Balaban J connectivity index is 1.88. The van der Waals surface area contributed by atoms with Gasteiger partial charge in [-0.1, -0.05) is 29.3 Å². The first-order chi connectivity index (χ1) is 10.7. The number of fused-ring (bicyclic) bond motifs is 1. The van der Waals surface area contributed by atoms with Crippen LogP contribution in [0.25, 0.3) is 33.9 Å². The maximum atomic E-state index is 6.19. The number of aromatic amines is 1. The van der Waals surface area contributed by atoms with Gasteiger partial charge in [0.25, 0.3) is 0 Å². The van der Waals surface area contributed by atoms with Crippen LogP contribution in [0.15, 0.2) is 40.8 Å². The summed E-state index contributed by atoms with van der Waals surface area (Å²) in [4.78, 5) is 4.43. The molecule has 8 heteroatoms. The maximum Gasteiger partial charge on any atom is 0.230 e. The van der Waals surface area contributed by atoms with Crippen LogP contribution in [0.3, 0.4) is 0 Å². The minimum Gasteiger partial charge on any atom is -0.436 e. The highest BCUT2D eigenvalue weighted by atomic mass is 35.5. The predicted molar refractivity (Wildman–Crippen MR) is 82.6 cm³/mol. The minimum absolute atomic E-state index is 0.371. The van der Waals surface area contributed by atoms with Crippen molar-refractivity contribution in [3.63, 3.8) is 0 Å². The van der Waals surface area contributed by atoms with Crippen molar-refractivity contribution >= 4 is 34.3 Å². The quantitative estimate of drug-likeness (QED) is 0.600. The molecule has 0 unspecified atom stereocenters. The van der Waals surface area contributed by atoms with Gasteiger partial charge in [-0.3, -0.25) is 0 Å². The fourth-order valence-electron chi connectivity index (χ4n) is 2.16. The molecule has 0 saturated carbocycles. The summed E-state index contributed by atoms with van der Waals surface area (Å²) in [6.45, 7) is 0. The van der Waals surface area contributed by atoms with E-state index >= 15 is 0 Å². The average Bonchev–Trinajstić information content (AvgIpc) is 3.15.